The van der Waals surface area contributed by atoms with E-state index in [4.69, 9.17) is 13.9 Å². The van der Waals surface area contributed by atoms with E-state index in [0.29, 0.717) is 0 Å². The molecule has 0 N–H and O–H groups in total. The first-order valence-electron chi connectivity index (χ1n) is 8.16. The van der Waals surface area contributed by atoms with E-state index in [-0.39, 0.29) is 6.10 Å². The van der Waals surface area contributed by atoms with E-state index in [1.54, 1.807) is 0 Å². The van der Waals surface area contributed by atoms with Crippen molar-refractivity contribution in [3.63, 3.8) is 0 Å². The molecule has 20 heavy (non-hydrogen) atoms. The minimum Gasteiger partial charge on any atom is -0.543 e. The van der Waals surface area contributed by atoms with E-state index in [1.807, 2.05) is 20.1 Å². The lowest BCUT2D eigenvalue weighted by Crippen LogP contribution is -2.43. The van der Waals surface area contributed by atoms with E-state index < -0.39 is 14.1 Å². The number of rotatable bonds is 8. The summed E-state index contributed by atoms with van der Waals surface area (Å²) in [5.41, 5.74) is 0. The minimum absolute atomic E-state index is 0.0511. The number of hydrogen-bond donors (Lipinski definition) is 0. The summed E-state index contributed by atoms with van der Waals surface area (Å²) in [7, 11) is -1.66. The van der Waals surface area contributed by atoms with Crippen LogP contribution in [0.2, 0.25) is 18.1 Å². The van der Waals surface area contributed by atoms with Gasteiger partial charge in [-0.05, 0) is 24.6 Å². The van der Waals surface area contributed by atoms with Crippen LogP contribution in [-0.2, 0) is 13.9 Å². The van der Waals surface area contributed by atoms with Crippen LogP contribution in [0.25, 0.3) is 0 Å². The van der Waals surface area contributed by atoms with Crippen molar-refractivity contribution >= 4 is 8.32 Å². The van der Waals surface area contributed by atoms with Crippen LogP contribution < -0.4 is 0 Å². The summed E-state index contributed by atoms with van der Waals surface area (Å²) in [4.78, 5) is 0. The largest absolute Gasteiger partial charge is 0.543 e. The molecule has 1 atom stereocenters. The Bertz CT molecular complexity index is 313. The van der Waals surface area contributed by atoms with Gasteiger partial charge in [0.1, 0.15) is 18.1 Å². The highest BCUT2D eigenvalue weighted by atomic mass is 28.4. The molecule has 0 saturated carbocycles. The Balaban J connectivity index is 2.85. The summed E-state index contributed by atoms with van der Waals surface area (Å²) < 4.78 is 18.2. The third-order valence-corrected chi connectivity index (χ3v) is 8.82. The average Bonchev–Trinajstić information content (AvgIpc) is 2.44. The van der Waals surface area contributed by atoms with E-state index in [1.165, 1.54) is 6.42 Å². The van der Waals surface area contributed by atoms with Crippen molar-refractivity contribution in [3.8, 4) is 0 Å². The highest BCUT2D eigenvalue weighted by Crippen LogP contribution is 2.33. The lowest BCUT2D eigenvalue weighted by molar-refractivity contribution is -0.226. The molecule has 0 aromatic heterocycles. The van der Waals surface area contributed by atoms with Gasteiger partial charge in [-0.3, -0.25) is 0 Å². The molecule has 1 heterocycles. The van der Waals surface area contributed by atoms with Crippen LogP contribution >= 0.6 is 0 Å². The van der Waals surface area contributed by atoms with Gasteiger partial charge in [0.05, 0.1) is 0 Å². The highest BCUT2D eigenvalue weighted by Gasteiger charge is 2.38. The fraction of sp³-hybridized carbons (Fsp3) is 0.875. The number of ether oxygens (including phenoxy) is 2. The van der Waals surface area contributed by atoms with Gasteiger partial charge in [-0.25, -0.2) is 0 Å². The molecule has 0 spiro atoms. The second kappa shape index (κ2) is 7.50. The van der Waals surface area contributed by atoms with Crippen molar-refractivity contribution in [2.24, 2.45) is 0 Å². The summed E-state index contributed by atoms with van der Waals surface area (Å²) in [5, 5.41) is 0. The van der Waals surface area contributed by atoms with Crippen LogP contribution in [-0.4, -0.2) is 20.2 Å². The molecule has 0 saturated heterocycles. The van der Waals surface area contributed by atoms with Gasteiger partial charge in [0.2, 0.25) is 14.1 Å². The van der Waals surface area contributed by atoms with E-state index in [2.05, 4.69) is 27.7 Å². The van der Waals surface area contributed by atoms with Gasteiger partial charge >= 0.3 is 0 Å². The first kappa shape index (κ1) is 17.6. The standard InChI is InChI=1S/C16H32O3Si/c1-7-11-12-14-15(13-17-16(5,6)18-14)19-20(8-2,9-3)10-4/h13-14H,7-12H2,1-6H3/t14-/m0/s1. The van der Waals surface area contributed by atoms with Crippen molar-refractivity contribution in [3.05, 3.63) is 12.0 Å². The normalized spacial score (nSPS) is 22.1. The minimum atomic E-state index is -1.66. The molecule has 0 radical (unpaired) electrons. The molecular weight excluding hydrogens is 268 g/mol. The Morgan fingerprint density at radius 2 is 1.75 bits per heavy atom. The zero-order valence-electron chi connectivity index (χ0n) is 14.1. The lowest BCUT2D eigenvalue weighted by Gasteiger charge is -2.39. The molecule has 0 aliphatic carbocycles. The van der Waals surface area contributed by atoms with Crippen LogP contribution in [0.5, 0.6) is 0 Å². The third kappa shape index (κ3) is 4.52. The molecule has 0 amide bonds. The molecule has 0 aromatic carbocycles. The Labute approximate surface area is 125 Å². The van der Waals surface area contributed by atoms with Crippen LogP contribution in [0, 0.1) is 0 Å². The van der Waals surface area contributed by atoms with Gasteiger partial charge in [-0.1, -0.05) is 40.5 Å². The van der Waals surface area contributed by atoms with E-state index in [9.17, 15) is 0 Å². The van der Waals surface area contributed by atoms with Crippen molar-refractivity contribution in [1.29, 1.82) is 0 Å². The molecule has 0 aromatic rings. The van der Waals surface area contributed by atoms with E-state index >= 15 is 0 Å². The maximum atomic E-state index is 6.48. The molecule has 118 valence electrons. The van der Waals surface area contributed by atoms with E-state index in [0.717, 1.165) is 36.7 Å². The quantitative estimate of drug-likeness (QED) is 0.577. The van der Waals surface area contributed by atoms with Crippen molar-refractivity contribution in [2.45, 2.75) is 90.8 Å². The summed E-state index contributed by atoms with van der Waals surface area (Å²) >= 11 is 0. The topological polar surface area (TPSA) is 27.7 Å². The van der Waals surface area contributed by atoms with Crippen LogP contribution in [0.3, 0.4) is 0 Å². The third-order valence-electron chi connectivity index (χ3n) is 4.29. The highest BCUT2D eigenvalue weighted by molar-refractivity contribution is 6.73. The molecule has 0 fully saturated rings. The van der Waals surface area contributed by atoms with Gasteiger partial charge in [0.15, 0.2) is 0 Å². The first-order chi connectivity index (χ1) is 9.42. The molecule has 1 aliphatic heterocycles. The smallest absolute Gasteiger partial charge is 0.250 e. The van der Waals surface area contributed by atoms with Crippen molar-refractivity contribution in [2.75, 3.05) is 0 Å². The predicted molar refractivity (Wildman–Crippen MR) is 85.9 cm³/mol. The molecular formula is C16H32O3Si. The van der Waals surface area contributed by atoms with Gasteiger partial charge < -0.3 is 13.9 Å². The number of hydrogen-bond acceptors (Lipinski definition) is 3. The second-order valence-corrected chi connectivity index (χ2v) is 10.8. The Kier molecular flexibility index (Phi) is 6.59. The molecule has 0 bridgehead atoms. The lowest BCUT2D eigenvalue weighted by atomic mass is 10.1. The second-order valence-electron chi connectivity index (χ2n) is 6.13. The van der Waals surface area contributed by atoms with Crippen molar-refractivity contribution < 1.29 is 13.9 Å². The maximum absolute atomic E-state index is 6.48. The fourth-order valence-electron chi connectivity index (χ4n) is 2.60. The van der Waals surface area contributed by atoms with Gasteiger partial charge in [-0.2, -0.15) is 0 Å². The predicted octanol–water partition coefficient (Wildman–Crippen LogP) is 5.19. The van der Waals surface area contributed by atoms with Gasteiger partial charge in [0.25, 0.3) is 0 Å². The monoisotopic (exact) mass is 300 g/mol. The SMILES string of the molecule is CCCC[C@@H]1OC(C)(C)OC=C1O[Si](CC)(CC)CC. The summed E-state index contributed by atoms with van der Waals surface area (Å²) in [6, 6.07) is 3.42. The summed E-state index contributed by atoms with van der Waals surface area (Å²) in [5.74, 6) is 0.384. The zero-order valence-corrected chi connectivity index (χ0v) is 15.1. The Morgan fingerprint density at radius 1 is 1.15 bits per heavy atom. The van der Waals surface area contributed by atoms with Crippen molar-refractivity contribution in [1.82, 2.24) is 0 Å². The fourth-order valence-corrected chi connectivity index (χ4v) is 5.21. The molecule has 3 nitrogen and oxygen atoms in total. The zero-order chi connectivity index (χ0) is 15.2. The van der Waals surface area contributed by atoms with Gasteiger partial charge in [0, 0.05) is 13.8 Å². The van der Waals surface area contributed by atoms with Crippen LogP contribution in [0.4, 0.5) is 0 Å². The van der Waals surface area contributed by atoms with Gasteiger partial charge in [-0.15, -0.1) is 0 Å². The molecule has 4 heteroatoms. The Hall–Kier alpha value is -0.483. The van der Waals surface area contributed by atoms with Crippen LogP contribution in [0.1, 0.15) is 60.8 Å². The molecule has 1 aliphatic rings. The summed E-state index contributed by atoms with van der Waals surface area (Å²) in [6.45, 7) is 12.9. The summed E-state index contributed by atoms with van der Waals surface area (Å²) in [6.07, 6.45) is 5.20. The molecule has 1 rings (SSSR count). The maximum Gasteiger partial charge on any atom is 0.250 e. The molecule has 0 unspecified atom stereocenters. The average molecular weight is 301 g/mol. The number of unbranched alkanes of at least 4 members (excludes halogenated alkanes) is 1. The Morgan fingerprint density at radius 3 is 2.25 bits per heavy atom. The first-order valence-corrected chi connectivity index (χ1v) is 10.7. The van der Waals surface area contributed by atoms with Crippen LogP contribution in [0.15, 0.2) is 12.0 Å².